The van der Waals surface area contributed by atoms with E-state index < -0.39 is 0 Å². The minimum atomic E-state index is -0.332. The molecule has 0 amide bonds. The molecular formula is C14H9ClN2O. The standard InChI is InChI=1S/C14H9ClN2O/c15-11-6-2-4-8-13(11)17-9-10-5-1-3-7-12(10)16-14(17)18/h1-9H. The van der Waals surface area contributed by atoms with Crippen LogP contribution < -0.4 is 5.69 Å². The molecule has 0 atom stereocenters. The van der Waals surface area contributed by atoms with Crippen molar-refractivity contribution in [2.24, 2.45) is 0 Å². The zero-order valence-electron chi connectivity index (χ0n) is 9.38. The fourth-order valence-electron chi connectivity index (χ4n) is 1.87. The van der Waals surface area contributed by atoms with Gasteiger partial charge in [-0.1, -0.05) is 41.9 Å². The summed E-state index contributed by atoms with van der Waals surface area (Å²) >= 11 is 6.09. The Bertz CT molecular complexity index is 780. The molecule has 0 aliphatic carbocycles. The summed E-state index contributed by atoms with van der Waals surface area (Å²) in [7, 11) is 0. The fourth-order valence-corrected chi connectivity index (χ4v) is 2.10. The number of aromatic nitrogens is 2. The average Bonchev–Trinajstić information content (AvgIpc) is 2.39. The summed E-state index contributed by atoms with van der Waals surface area (Å²) in [6.45, 7) is 0. The minimum absolute atomic E-state index is 0.332. The molecule has 3 nitrogen and oxygen atoms in total. The lowest BCUT2D eigenvalue weighted by Gasteiger charge is -2.07. The van der Waals surface area contributed by atoms with Gasteiger partial charge in [-0.25, -0.2) is 4.79 Å². The van der Waals surface area contributed by atoms with Gasteiger partial charge in [0.15, 0.2) is 0 Å². The van der Waals surface area contributed by atoms with Crippen molar-refractivity contribution in [3.05, 3.63) is 70.2 Å². The zero-order chi connectivity index (χ0) is 12.5. The fraction of sp³-hybridized carbons (Fsp3) is 0. The summed E-state index contributed by atoms with van der Waals surface area (Å²) in [5.74, 6) is 0. The highest BCUT2D eigenvalue weighted by atomic mass is 35.5. The highest BCUT2D eigenvalue weighted by Gasteiger charge is 2.06. The zero-order valence-corrected chi connectivity index (χ0v) is 10.1. The first-order valence-corrected chi connectivity index (χ1v) is 5.87. The van der Waals surface area contributed by atoms with Gasteiger partial charge in [-0.3, -0.25) is 4.57 Å². The second kappa shape index (κ2) is 4.27. The molecule has 0 saturated heterocycles. The Hall–Kier alpha value is -2.13. The smallest absolute Gasteiger partial charge is 0.266 e. The SMILES string of the molecule is O=c1nc2ccccc2cn1-c1ccccc1Cl. The number of rotatable bonds is 1. The third-order valence-electron chi connectivity index (χ3n) is 2.74. The summed E-state index contributed by atoms with van der Waals surface area (Å²) in [6, 6.07) is 14.7. The topological polar surface area (TPSA) is 34.9 Å². The average molecular weight is 257 g/mol. The van der Waals surface area contributed by atoms with Crippen LogP contribution in [0.25, 0.3) is 16.6 Å². The maximum absolute atomic E-state index is 12.0. The molecule has 18 heavy (non-hydrogen) atoms. The van der Waals surface area contributed by atoms with Crippen LogP contribution in [0.2, 0.25) is 5.02 Å². The van der Waals surface area contributed by atoms with Gasteiger partial charge in [-0.15, -0.1) is 0 Å². The molecule has 3 aromatic rings. The summed E-state index contributed by atoms with van der Waals surface area (Å²) < 4.78 is 1.46. The van der Waals surface area contributed by atoms with Crippen molar-refractivity contribution >= 4 is 22.5 Å². The van der Waals surface area contributed by atoms with Crippen LogP contribution in [0.4, 0.5) is 0 Å². The van der Waals surface area contributed by atoms with Crippen LogP contribution in [-0.2, 0) is 0 Å². The lowest BCUT2D eigenvalue weighted by molar-refractivity contribution is 0.939. The quantitative estimate of drug-likeness (QED) is 0.671. The van der Waals surface area contributed by atoms with Crippen LogP contribution in [0, 0.1) is 0 Å². The molecule has 0 saturated carbocycles. The van der Waals surface area contributed by atoms with E-state index in [2.05, 4.69) is 4.98 Å². The summed E-state index contributed by atoms with van der Waals surface area (Å²) in [5.41, 5.74) is 0.995. The number of para-hydroxylation sites is 2. The Morgan fingerprint density at radius 1 is 1.00 bits per heavy atom. The van der Waals surface area contributed by atoms with Gasteiger partial charge in [0.2, 0.25) is 0 Å². The third kappa shape index (κ3) is 1.79. The molecular weight excluding hydrogens is 248 g/mol. The van der Waals surface area contributed by atoms with Crippen LogP contribution in [0.15, 0.2) is 59.5 Å². The molecule has 0 aliphatic rings. The van der Waals surface area contributed by atoms with Crippen molar-refractivity contribution < 1.29 is 0 Å². The Morgan fingerprint density at radius 3 is 2.56 bits per heavy atom. The van der Waals surface area contributed by atoms with Crippen LogP contribution >= 0.6 is 11.6 Å². The van der Waals surface area contributed by atoms with E-state index in [9.17, 15) is 4.79 Å². The molecule has 0 bridgehead atoms. The molecule has 3 rings (SSSR count). The number of hydrogen-bond donors (Lipinski definition) is 0. The molecule has 0 N–H and O–H groups in total. The van der Waals surface area contributed by atoms with Crippen molar-refractivity contribution in [3.63, 3.8) is 0 Å². The van der Waals surface area contributed by atoms with Crippen molar-refractivity contribution in [3.8, 4) is 5.69 Å². The van der Waals surface area contributed by atoms with Gasteiger partial charge in [-0.05, 0) is 18.2 Å². The van der Waals surface area contributed by atoms with Gasteiger partial charge in [0.25, 0.3) is 0 Å². The molecule has 1 aromatic heterocycles. The Morgan fingerprint density at radius 2 is 1.72 bits per heavy atom. The predicted molar refractivity (Wildman–Crippen MR) is 72.4 cm³/mol. The molecule has 0 aliphatic heterocycles. The molecule has 4 heteroatoms. The van der Waals surface area contributed by atoms with Gasteiger partial charge in [-0.2, -0.15) is 4.98 Å². The monoisotopic (exact) mass is 256 g/mol. The summed E-state index contributed by atoms with van der Waals surface area (Å²) in [6.07, 6.45) is 1.76. The highest BCUT2D eigenvalue weighted by Crippen LogP contribution is 2.19. The highest BCUT2D eigenvalue weighted by molar-refractivity contribution is 6.32. The molecule has 1 heterocycles. The van der Waals surface area contributed by atoms with Gasteiger partial charge in [0.1, 0.15) is 0 Å². The number of fused-ring (bicyclic) bond motifs is 1. The second-order valence-corrected chi connectivity index (χ2v) is 4.31. The van der Waals surface area contributed by atoms with Gasteiger partial charge >= 0.3 is 5.69 Å². The van der Waals surface area contributed by atoms with Crippen molar-refractivity contribution in [2.75, 3.05) is 0 Å². The molecule has 0 fully saturated rings. The maximum Gasteiger partial charge on any atom is 0.352 e. The van der Waals surface area contributed by atoms with E-state index >= 15 is 0 Å². The van der Waals surface area contributed by atoms with Crippen LogP contribution in [0.1, 0.15) is 0 Å². The first kappa shape index (κ1) is 11.0. The van der Waals surface area contributed by atoms with E-state index in [-0.39, 0.29) is 5.69 Å². The van der Waals surface area contributed by atoms with E-state index in [1.165, 1.54) is 4.57 Å². The van der Waals surface area contributed by atoms with Crippen molar-refractivity contribution in [1.29, 1.82) is 0 Å². The van der Waals surface area contributed by atoms with E-state index in [1.807, 2.05) is 36.4 Å². The van der Waals surface area contributed by atoms with Crippen molar-refractivity contribution in [2.45, 2.75) is 0 Å². The molecule has 0 spiro atoms. The number of nitrogens with zero attached hydrogens (tertiary/aromatic N) is 2. The predicted octanol–water partition coefficient (Wildman–Crippen LogP) is 3.04. The normalized spacial score (nSPS) is 10.7. The number of benzene rings is 2. The van der Waals surface area contributed by atoms with E-state index in [1.54, 1.807) is 18.3 Å². The Kier molecular flexibility index (Phi) is 2.61. The van der Waals surface area contributed by atoms with Crippen molar-refractivity contribution in [1.82, 2.24) is 9.55 Å². The van der Waals surface area contributed by atoms with Gasteiger partial charge in [0, 0.05) is 11.6 Å². The summed E-state index contributed by atoms with van der Waals surface area (Å²) in [4.78, 5) is 16.0. The molecule has 0 unspecified atom stereocenters. The maximum atomic E-state index is 12.0. The van der Waals surface area contributed by atoms with Gasteiger partial charge < -0.3 is 0 Å². The van der Waals surface area contributed by atoms with Crippen LogP contribution in [0.5, 0.6) is 0 Å². The molecule has 88 valence electrons. The van der Waals surface area contributed by atoms with Gasteiger partial charge in [0.05, 0.1) is 16.2 Å². The second-order valence-electron chi connectivity index (χ2n) is 3.90. The number of hydrogen-bond acceptors (Lipinski definition) is 2. The van der Waals surface area contributed by atoms with Crippen LogP contribution in [-0.4, -0.2) is 9.55 Å². The van der Waals surface area contributed by atoms with Crippen LogP contribution in [0.3, 0.4) is 0 Å². The first-order valence-electron chi connectivity index (χ1n) is 5.49. The number of halogens is 1. The van der Waals surface area contributed by atoms with E-state index in [4.69, 9.17) is 11.6 Å². The largest absolute Gasteiger partial charge is 0.352 e. The third-order valence-corrected chi connectivity index (χ3v) is 3.06. The lowest BCUT2D eigenvalue weighted by Crippen LogP contribution is -2.20. The van der Waals surface area contributed by atoms with E-state index in [0.717, 1.165) is 5.39 Å². The molecule has 0 radical (unpaired) electrons. The van der Waals surface area contributed by atoms with E-state index in [0.29, 0.717) is 16.2 Å². The Labute approximate surface area is 108 Å². The summed E-state index contributed by atoms with van der Waals surface area (Å²) in [5, 5.41) is 1.42. The Balaban J connectivity index is 2.33. The lowest BCUT2D eigenvalue weighted by atomic mass is 10.2. The first-order chi connectivity index (χ1) is 8.75. The molecule has 2 aromatic carbocycles. The minimum Gasteiger partial charge on any atom is -0.266 e.